The molecule has 29 heavy (non-hydrogen) atoms. The van der Waals surface area contributed by atoms with Crippen LogP contribution in [0.4, 0.5) is 4.39 Å². The van der Waals surface area contributed by atoms with Gasteiger partial charge in [0.25, 0.3) is 5.91 Å². The molecule has 0 saturated heterocycles. The number of aliphatic imine (C=N–C) groups is 1. The summed E-state index contributed by atoms with van der Waals surface area (Å²) in [5.74, 6) is -10.0. The summed E-state index contributed by atoms with van der Waals surface area (Å²) in [6.07, 6.45) is 0. The van der Waals surface area contributed by atoms with Crippen LogP contribution in [0.5, 0.6) is 5.75 Å². The minimum atomic E-state index is -3.37. The van der Waals surface area contributed by atoms with Gasteiger partial charge in [-0.05, 0) is 18.2 Å². The van der Waals surface area contributed by atoms with E-state index in [0.29, 0.717) is 0 Å². The number of aromatic hydroxyl groups is 1. The molecule has 0 unspecified atom stereocenters. The minimum Gasteiger partial charge on any atom is -0.507 e. The SMILES string of the molecule is N#Cc1ccc(O)c(C(=O)NC2=NC(O)(O)C(O)(O)N2)c1-c1cccc(F)c1Cl. The largest absolute Gasteiger partial charge is 0.507 e. The first-order chi connectivity index (χ1) is 13.5. The molecule has 0 saturated carbocycles. The predicted octanol–water partition coefficient (Wildman–Crippen LogP) is -0.311. The average Bonchev–Trinajstić information content (AvgIpc) is 2.83. The van der Waals surface area contributed by atoms with Crippen molar-refractivity contribution in [2.75, 3.05) is 0 Å². The van der Waals surface area contributed by atoms with Crippen molar-refractivity contribution in [3.63, 3.8) is 0 Å². The minimum absolute atomic E-state index is 0.0667. The number of aliphatic hydroxyl groups is 4. The highest BCUT2D eigenvalue weighted by molar-refractivity contribution is 6.34. The van der Waals surface area contributed by atoms with Gasteiger partial charge in [-0.25, -0.2) is 4.39 Å². The third kappa shape index (κ3) is 3.46. The number of hydrogen-bond donors (Lipinski definition) is 7. The number of amides is 1. The molecule has 1 aliphatic rings. The van der Waals surface area contributed by atoms with E-state index in [-0.39, 0.29) is 16.7 Å². The van der Waals surface area contributed by atoms with Crippen LogP contribution in [-0.4, -0.2) is 49.2 Å². The summed E-state index contributed by atoms with van der Waals surface area (Å²) in [5, 5.41) is 60.7. The first-order valence-corrected chi connectivity index (χ1v) is 8.15. The zero-order valence-electron chi connectivity index (χ0n) is 14.2. The van der Waals surface area contributed by atoms with E-state index in [4.69, 9.17) is 11.6 Å². The molecule has 0 aliphatic carbocycles. The number of phenols is 1. The van der Waals surface area contributed by atoms with E-state index in [2.05, 4.69) is 4.99 Å². The number of carbonyl (C=O) groups excluding carboxylic acids is 1. The van der Waals surface area contributed by atoms with Crippen LogP contribution in [0, 0.1) is 17.1 Å². The number of benzene rings is 2. The highest BCUT2D eigenvalue weighted by Crippen LogP contribution is 2.38. The first-order valence-electron chi connectivity index (χ1n) is 7.78. The molecule has 0 aromatic heterocycles. The fraction of sp³-hybridized carbons (Fsp3) is 0.118. The molecule has 7 N–H and O–H groups in total. The molecule has 150 valence electrons. The Balaban J connectivity index is 2.12. The van der Waals surface area contributed by atoms with Gasteiger partial charge >= 0.3 is 11.8 Å². The highest BCUT2D eigenvalue weighted by Gasteiger charge is 2.54. The quantitative estimate of drug-likeness (QED) is 0.322. The van der Waals surface area contributed by atoms with E-state index >= 15 is 0 Å². The fourth-order valence-corrected chi connectivity index (χ4v) is 2.85. The lowest BCUT2D eigenvalue weighted by Crippen LogP contribution is -2.59. The van der Waals surface area contributed by atoms with Crippen LogP contribution < -0.4 is 10.6 Å². The van der Waals surface area contributed by atoms with Crippen molar-refractivity contribution in [3.8, 4) is 22.9 Å². The Morgan fingerprint density at radius 1 is 1.24 bits per heavy atom. The lowest BCUT2D eigenvalue weighted by Gasteiger charge is -2.24. The summed E-state index contributed by atoms with van der Waals surface area (Å²) < 4.78 is 13.9. The standard InChI is InChI=1S/C17H12ClFN4O6/c18-13-8(2-1-3-9(13)19)11-7(6-20)4-5-10(24)12(11)14(25)21-15-22-16(26,27)17(28,29)23-15/h1-5,24,26-29H,(H2,21,22,23,25). The third-order valence-corrected chi connectivity index (χ3v) is 4.40. The summed E-state index contributed by atoms with van der Waals surface area (Å²) in [4.78, 5) is 15.8. The van der Waals surface area contributed by atoms with Crippen molar-refractivity contribution in [2.45, 2.75) is 11.8 Å². The third-order valence-electron chi connectivity index (χ3n) is 4.01. The van der Waals surface area contributed by atoms with Crippen molar-refractivity contribution < 1.29 is 34.7 Å². The van der Waals surface area contributed by atoms with Crippen molar-refractivity contribution in [1.82, 2.24) is 10.6 Å². The summed E-state index contributed by atoms with van der Waals surface area (Å²) in [7, 11) is 0. The average molecular weight is 423 g/mol. The van der Waals surface area contributed by atoms with Gasteiger partial charge in [0, 0.05) is 11.1 Å². The molecular formula is C17H12ClFN4O6. The van der Waals surface area contributed by atoms with Gasteiger partial charge in [-0.2, -0.15) is 10.3 Å². The molecule has 1 amide bonds. The Morgan fingerprint density at radius 2 is 1.93 bits per heavy atom. The van der Waals surface area contributed by atoms with Gasteiger partial charge in [-0.3, -0.25) is 15.4 Å². The Hall–Kier alpha value is -3.27. The number of carbonyl (C=O) groups is 1. The molecule has 0 bridgehead atoms. The molecule has 2 aromatic carbocycles. The van der Waals surface area contributed by atoms with Crippen LogP contribution in [0.25, 0.3) is 11.1 Å². The van der Waals surface area contributed by atoms with Crippen LogP contribution >= 0.6 is 11.6 Å². The number of halogens is 2. The van der Waals surface area contributed by atoms with E-state index in [1.165, 1.54) is 18.2 Å². The van der Waals surface area contributed by atoms with Gasteiger partial charge in [0.1, 0.15) is 11.6 Å². The predicted molar refractivity (Wildman–Crippen MR) is 95.6 cm³/mol. The number of nitriles is 1. The van der Waals surface area contributed by atoms with Gasteiger partial charge in [0.05, 0.1) is 22.2 Å². The van der Waals surface area contributed by atoms with E-state index < -0.39 is 45.8 Å². The molecule has 2 aromatic rings. The van der Waals surface area contributed by atoms with Crippen molar-refractivity contribution in [1.29, 1.82) is 5.26 Å². The van der Waals surface area contributed by atoms with E-state index in [1.54, 1.807) is 11.4 Å². The molecule has 12 heteroatoms. The molecule has 3 rings (SSSR count). The molecular weight excluding hydrogens is 411 g/mol. The van der Waals surface area contributed by atoms with Gasteiger partial charge < -0.3 is 25.5 Å². The van der Waals surface area contributed by atoms with Gasteiger partial charge in [-0.15, -0.1) is 0 Å². The molecule has 0 atom stereocenters. The highest BCUT2D eigenvalue weighted by atomic mass is 35.5. The molecule has 0 spiro atoms. The van der Waals surface area contributed by atoms with E-state index in [0.717, 1.165) is 12.1 Å². The van der Waals surface area contributed by atoms with Crippen molar-refractivity contribution in [3.05, 3.63) is 52.3 Å². The molecule has 0 fully saturated rings. The Bertz CT molecular complexity index is 1100. The molecule has 1 heterocycles. The maximum Gasteiger partial charge on any atom is 0.346 e. The monoisotopic (exact) mass is 422 g/mol. The van der Waals surface area contributed by atoms with Gasteiger partial charge in [0.2, 0.25) is 5.96 Å². The summed E-state index contributed by atoms with van der Waals surface area (Å²) in [6, 6.07) is 7.69. The number of rotatable bonds is 2. The lowest BCUT2D eigenvalue weighted by molar-refractivity contribution is -0.350. The van der Waals surface area contributed by atoms with E-state index in [1.807, 2.05) is 5.32 Å². The Morgan fingerprint density at radius 3 is 2.52 bits per heavy atom. The summed E-state index contributed by atoms with van der Waals surface area (Å²) >= 11 is 5.96. The van der Waals surface area contributed by atoms with Crippen molar-refractivity contribution >= 4 is 23.5 Å². The topological polar surface area (TPSA) is 178 Å². The normalized spacial score (nSPS) is 16.5. The van der Waals surface area contributed by atoms with Crippen LogP contribution in [-0.2, 0) is 0 Å². The number of nitrogens with zero attached hydrogens (tertiary/aromatic N) is 2. The number of nitrogens with one attached hydrogen (secondary N) is 2. The first kappa shape index (κ1) is 20.5. The zero-order chi connectivity index (χ0) is 21.6. The number of guanidine groups is 1. The summed E-state index contributed by atoms with van der Waals surface area (Å²) in [6.45, 7) is 0. The summed E-state index contributed by atoms with van der Waals surface area (Å²) in [5.41, 5.74) is -0.912. The lowest BCUT2D eigenvalue weighted by atomic mass is 9.93. The van der Waals surface area contributed by atoms with E-state index in [9.17, 15) is 40.0 Å². The van der Waals surface area contributed by atoms with Gasteiger partial charge in [-0.1, -0.05) is 23.7 Å². The maximum atomic E-state index is 13.9. The second-order valence-electron chi connectivity index (χ2n) is 5.94. The van der Waals surface area contributed by atoms with Crippen LogP contribution in [0.1, 0.15) is 15.9 Å². The fourth-order valence-electron chi connectivity index (χ4n) is 2.63. The van der Waals surface area contributed by atoms with Crippen molar-refractivity contribution in [2.24, 2.45) is 4.99 Å². The second kappa shape index (κ2) is 6.96. The second-order valence-corrected chi connectivity index (χ2v) is 6.32. The Labute approximate surface area is 166 Å². The zero-order valence-corrected chi connectivity index (χ0v) is 14.9. The molecule has 1 aliphatic heterocycles. The number of hydrogen-bond acceptors (Lipinski definition) is 9. The van der Waals surface area contributed by atoms with Crippen LogP contribution in [0.2, 0.25) is 5.02 Å². The van der Waals surface area contributed by atoms with Crippen LogP contribution in [0.15, 0.2) is 35.3 Å². The molecule has 0 radical (unpaired) electrons. The number of phenolic OH excluding ortho intramolecular Hbond substituents is 1. The maximum absolute atomic E-state index is 13.9. The van der Waals surface area contributed by atoms with Gasteiger partial charge in [0.15, 0.2) is 0 Å². The Kier molecular flexibility index (Phi) is 4.91. The smallest absolute Gasteiger partial charge is 0.346 e. The van der Waals surface area contributed by atoms with Crippen LogP contribution in [0.3, 0.4) is 0 Å². The molecule has 10 nitrogen and oxygen atoms in total.